The Bertz CT molecular complexity index is 418. The molecule has 24 heavy (non-hydrogen) atoms. The van der Waals surface area contributed by atoms with Crippen LogP contribution in [0.2, 0.25) is 0 Å². The Kier molecular flexibility index (Phi) is 5.64. The fourth-order valence-electron chi connectivity index (χ4n) is 5.82. The summed E-state index contributed by atoms with van der Waals surface area (Å²) in [5.74, 6) is 0.829. The van der Waals surface area contributed by atoms with Crippen LogP contribution < -0.4 is 0 Å². The lowest BCUT2D eigenvalue weighted by atomic mass is 9.70. The first kappa shape index (κ1) is 18.7. The maximum Gasteiger partial charge on any atom is 0.0689 e. The van der Waals surface area contributed by atoms with Gasteiger partial charge in [0.25, 0.3) is 0 Å². The molecule has 0 amide bonds. The van der Waals surface area contributed by atoms with Crippen LogP contribution in [0.5, 0.6) is 0 Å². The zero-order chi connectivity index (χ0) is 17.4. The number of aliphatic hydroxyl groups is 1. The second-order valence-electron chi connectivity index (χ2n) is 9.64. The lowest BCUT2D eigenvalue weighted by Crippen LogP contribution is -2.40. The van der Waals surface area contributed by atoms with Crippen LogP contribution >= 0.6 is 0 Å². The molecule has 0 aromatic carbocycles. The van der Waals surface area contributed by atoms with E-state index in [9.17, 15) is 5.11 Å². The maximum absolute atomic E-state index is 10.4. The van der Waals surface area contributed by atoms with E-state index in [4.69, 9.17) is 4.74 Å². The van der Waals surface area contributed by atoms with Crippen LogP contribution in [0.1, 0.15) is 78.6 Å². The zero-order valence-electron chi connectivity index (χ0n) is 16.4. The fraction of sp³-hybridized carbons (Fsp3) is 1.00. The van der Waals surface area contributed by atoms with Crippen LogP contribution in [0.15, 0.2) is 0 Å². The van der Waals surface area contributed by atoms with E-state index in [0.29, 0.717) is 29.6 Å². The molecule has 0 radical (unpaired) electrons. The van der Waals surface area contributed by atoms with Crippen molar-refractivity contribution in [3.05, 3.63) is 0 Å². The van der Waals surface area contributed by atoms with Crippen LogP contribution in [0.3, 0.4) is 0 Å². The highest BCUT2D eigenvalue weighted by Crippen LogP contribution is 2.66. The van der Waals surface area contributed by atoms with Crippen molar-refractivity contribution in [2.75, 3.05) is 20.2 Å². The molecule has 0 aromatic heterocycles. The SMILES string of the molecule is CN(C[C@@H](O)CCO[C@@H]1C[C@H]2CC[C@@]1(C)C2(C)C)C1CCCCC1. The summed E-state index contributed by atoms with van der Waals surface area (Å²) in [6, 6.07) is 0.680. The summed E-state index contributed by atoms with van der Waals surface area (Å²) in [7, 11) is 2.18. The van der Waals surface area contributed by atoms with E-state index in [0.717, 1.165) is 18.9 Å². The standard InChI is InChI=1S/C21H39NO2/c1-20(2)16-10-12-21(20,3)19(14-16)24-13-11-18(23)15-22(4)17-8-6-5-7-9-17/h16-19,23H,5-15H2,1-4H3/t16-,18+,19-,21-/m1/s1. The number of likely N-dealkylation sites (N-methyl/N-ethyl adjacent to an activating group) is 1. The summed E-state index contributed by atoms with van der Waals surface area (Å²) < 4.78 is 6.29. The van der Waals surface area contributed by atoms with E-state index in [2.05, 4.69) is 32.7 Å². The van der Waals surface area contributed by atoms with E-state index in [-0.39, 0.29) is 6.10 Å². The van der Waals surface area contributed by atoms with Gasteiger partial charge >= 0.3 is 0 Å². The van der Waals surface area contributed by atoms with Crippen LogP contribution in [0, 0.1) is 16.7 Å². The Morgan fingerprint density at radius 1 is 1.12 bits per heavy atom. The van der Waals surface area contributed by atoms with Crippen molar-refractivity contribution in [1.29, 1.82) is 0 Å². The van der Waals surface area contributed by atoms with E-state index in [1.807, 2.05) is 0 Å². The Balaban J connectivity index is 1.39. The van der Waals surface area contributed by atoms with Crippen molar-refractivity contribution in [2.24, 2.45) is 16.7 Å². The van der Waals surface area contributed by atoms with Gasteiger partial charge in [-0.3, -0.25) is 0 Å². The molecule has 1 N–H and O–H groups in total. The van der Waals surface area contributed by atoms with Crippen LogP contribution in [-0.2, 0) is 4.74 Å². The van der Waals surface area contributed by atoms with Gasteiger partial charge in [0.1, 0.15) is 0 Å². The molecule has 0 unspecified atom stereocenters. The topological polar surface area (TPSA) is 32.7 Å². The molecule has 3 heteroatoms. The number of aliphatic hydroxyl groups excluding tert-OH is 1. The van der Waals surface area contributed by atoms with E-state index >= 15 is 0 Å². The summed E-state index contributed by atoms with van der Waals surface area (Å²) in [6.45, 7) is 8.80. The zero-order valence-corrected chi connectivity index (χ0v) is 16.4. The van der Waals surface area contributed by atoms with Gasteiger partial charge in [0, 0.05) is 19.2 Å². The molecule has 3 fully saturated rings. The minimum absolute atomic E-state index is 0.253. The van der Waals surface area contributed by atoms with Gasteiger partial charge in [-0.05, 0) is 62.3 Å². The second-order valence-corrected chi connectivity index (χ2v) is 9.64. The quantitative estimate of drug-likeness (QED) is 0.754. The van der Waals surface area contributed by atoms with Crippen LogP contribution in [-0.4, -0.2) is 48.5 Å². The smallest absolute Gasteiger partial charge is 0.0689 e. The van der Waals surface area contributed by atoms with Gasteiger partial charge in [0.15, 0.2) is 0 Å². The van der Waals surface area contributed by atoms with Gasteiger partial charge in [-0.25, -0.2) is 0 Å². The lowest BCUT2D eigenvalue weighted by Gasteiger charge is -2.39. The highest BCUT2D eigenvalue weighted by atomic mass is 16.5. The largest absolute Gasteiger partial charge is 0.392 e. The van der Waals surface area contributed by atoms with Crippen molar-refractivity contribution >= 4 is 0 Å². The van der Waals surface area contributed by atoms with Crippen molar-refractivity contribution in [3.8, 4) is 0 Å². The van der Waals surface area contributed by atoms with Gasteiger partial charge in [-0.1, -0.05) is 40.0 Å². The molecule has 0 spiro atoms. The third kappa shape index (κ3) is 3.41. The van der Waals surface area contributed by atoms with Gasteiger partial charge in [0.05, 0.1) is 12.2 Å². The minimum atomic E-state index is -0.253. The second kappa shape index (κ2) is 7.25. The predicted octanol–water partition coefficient (Wildman–Crippen LogP) is 4.23. The average Bonchev–Trinajstić information content (AvgIpc) is 2.89. The number of nitrogens with zero attached hydrogens (tertiary/aromatic N) is 1. The summed E-state index contributed by atoms with van der Waals surface area (Å²) in [5, 5.41) is 10.4. The molecule has 2 bridgehead atoms. The molecular weight excluding hydrogens is 298 g/mol. The van der Waals surface area contributed by atoms with Gasteiger partial charge in [-0.15, -0.1) is 0 Å². The predicted molar refractivity (Wildman–Crippen MR) is 99.1 cm³/mol. The lowest BCUT2D eigenvalue weighted by molar-refractivity contribution is -0.0568. The third-order valence-electron chi connectivity index (χ3n) is 8.18. The molecular formula is C21H39NO2. The average molecular weight is 338 g/mol. The highest BCUT2D eigenvalue weighted by Gasteiger charge is 2.61. The Morgan fingerprint density at radius 2 is 1.83 bits per heavy atom. The molecule has 140 valence electrons. The number of hydrogen-bond acceptors (Lipinski definition) is 3. The number of hydrogen-bond donors (Lipinski definition) is 1. The first-order valence-corrected chi connectivity index (χ1v) is 10.3. The van der Waals surface area contributed by atoms with E-state index < -0.39 is 0 Å². The molecule has 3 aliphatic carbocycles. The van der Waals surface area contributed by atoms with E-state index in [1.54, 1.807) is 0 Å². The Labute approximate surface area is 149 Å². The first-order chi connectivity index (χ1) is 11.3. The minimum Gasteiger partial charge on any atom is -0.392 e. The van der Waals surface area contributed by atoms with Gasteiger partial charge in [-0.2, -0.15) is 0 Å². The molecule has 0 aromatic rings. The number of ether oxygens (including phenoxy) is 1. The van der Waals surface area contributed by atoms with Gasteiger partial charge in [0.2, 0.25) is 0 Å². The van der Waals surface area contributed by atoms with Crippen LogP contribution in [0.25, 0.3) is 0 Å². The summed E-state index contributed by atoms with van der Waals surface area (Å²) in [6.07, 6.45) is 11.5. The summed E-state index contributed by atoms with van der Waals surface area (Å²) in [5.41, 5.74) is 0.749. The van der Waals surface area contributed by atoms with Crippen molar-refractivity contribution in [1.82, 2.24) is 4.90 Å². The van der Waals surface area contributed by atoms with Crippen molar-refractivity contribution in [3.63, 3.8) is 0 Å². The summed E-state index contributed by atoms with van der Waals surface area (Å²) in [4.78, 5) is 2.38. The number of fused-ring (bicyclic) bond motifs is 2. The normalized spacial score (nSPS) is 37.2. The molecule has 0 saturated heterocycles. The molecule has 0 aliphatic heterocycles. The van der Waals surface area contributed by atoms with Crippen LogP contribution in [0.4, 0.5) is 0 Å². The first-order valence-electron chi connectivity index (χ1n) is 10.3. The Morgan fingerprint density at radius 3 is 2.42 bits per heavy atom. The number of rotatable bonds is 7. The molecule has 3 nitrogen and oxygen atoms in total. The molecule has 3 saturated carbocycles. The van der Waals surface area contributed by atoms with Crippen molar-refractivity contribution in [2.45, 2.75) is 96.8 Å². The molecule has 0 heterocycles. The maximum atomic E-state index is 10.4. The van der Waals surface area contributed by atoms with E-state index in [1.165, 1.54) is 51.4 Å². The Hall–Kier alpha value is -0.120. The van der Waals surface area contributed by atoms with Gasteiger partial charge < -0.3 is 14.7 Å². The summed E-state index contributed by atoms with van der Waals surface area (Å²) >= 11 is 0. The fourth-order valence-corrected chi connectivity index (χ4v) is 5.82. The molecule has 3 rings (SSSR count). The molecule has 3 aliphatic rings. The third-order valence-corrected chi connectivity index (χ3v) is 8.18. The molecule has 4 atom stereocenters. The highest BCUT2D eigenvalue weighted by molar-refractivity contribution is 5.11. The monoisotopic (exact) mass is 337 g/mol. The van der Waals surface area contributed by atoms with Crippen molar-refractivity contribution < 1.29 is 9.84 Å².